The average Bonchev–Trinajstić information content (AvgIpc) is 2.40. The molecule has 0 aliphatic heterocycles. The first-order valence-corrected chi connectivity index (χ1v) is 7.78. The lowest BCUT2D eigenvalue weighted by Crippen LogP contribution is -2.39. The molecular weight excluding hydrogens is 276 g/mol. The van der Waals surface area contributed by atoms with Crippen LogP contribution in [0.4, 0.5) is 10.5 Å². The average molecular weight is 296 g/mol. The summed E-state index contributed by atoms with van der Waals surface area (Å²) < 4.78 is 0. The van der Waals surface area contributed by atoms with Gasteiger partial charge in [0.2, 0.25) is 0 Å². The second-order valence-electron chi connectivity index (χ2n) is 4.46. The molecule has 1 unspecified atom stereocenters. The van der Waals surface area contributed by atoms with E-state index in [1.807, 2.05) is 13.2 Å². The fourth-order valence-electron chi connectivity index (χ4n) is 1.81. The first-order valence-electron chi connectivity index (χ1n) is 6.39. The Hall–Kier alpha value is -1.69. The van der Waals surface area contributed by atoms with Crippen LogP contribution >= 0.6 is 11.8 Å². The van der Waals surface area contributed by atoms with Crippen molar-refractivity contribution in [3.63, 3.8) is 0 Å². The zero-order chi connectivity index (χ0) is 15.1. The Morgan fingerprint density at radius 1 is 1.40 bits per heavy atom. The summed E-state index contributed by atoms with van der Waals surface area (Å²) in [5.74, 6) is -0.233. The summed E-state index contributed by atoms with van der Waals surface area (Å²) in [5.41, 5.74) is 1.16. The molecule has 0 heterocycles. The molecular formula is C14H20N2O3S. The van der Waals surface area contributed by atoms with Crippen molar-refractivity contribution in [1.82, 2.24) is 5.32 Å². The molecule has 0 fully saturated rings. The number of amides is 2. The van der Waals surface area contributed by atoms with Crippen LogP contribution in [0.25, 0.3) is 0 Å². The normalized spacial score (nSPS) is 11.8. The van der Waals surface area contributed by atoms with Crippen LogP contribution in [0.15, 0.2) is 18.2 Å². The molecule has 0 spiro atoms. The van der Waals surface area contributed by atoms with Crippen LogP contribution in [0.1, 0.15) is 29.3 Å². The van der Waals surface area contributed by atoms with Gasteiger partial charge in [-0.25, -0.2) is 9.59 Å². The summed E-state index contributed by atoms with van der Waals surface area (Å²) in [7, 11) is 0. The van der Waals surface area contributed by atoms with Gasteiger partial charge in [0.1, 0.15) is 0 Å². The fraction of sp³-hybridized carbons (Fsp3) is 0.429. The van der Waals surface area contributed by atoms with Gasteiger partial charge in [-0.05, 0) is 31.2 Å². The molecule has 1 aromatic rings. The first kappa shape index (κ1) is 16.4. The maximum atomic E-state index is 12.0. The van der Waals surface area contributed by atoms with Crippen molar-refractivity contribution in [2.45, 2.75) is 26.3 Å². The highest BCUT2D eigenvalue weighted by molar-refractivity contribution is 7.98. The summed E-state index contributed by atoms with van der Waals surface area (Å²) >= 11 is 1.66. The van der Waals surface area contributed by atoms with E-state index in [0.717, 1.165) is 17.7 Å². The molecule has 6 heteroatoms. The number of carboxylic acid groups (broad SMARTS) is 1. The second kappa shape index (κ2) is 7.79. The van der Waals surface area contributed by atoms with Gasteiger partial charge in [0.25, 0.3) is 0 Å². The Labute approximate surface area is 123 Å². The van der Waals surface area contributed by atoms with Crippen LogP contribution < -0.4 is 10.6 Å². The van der Waals surface area contributed by atoms with Crippen molar-refractivity contribution in [3.05, 3.63) is 29.3 Å². The molecule has 0 saturated heterocycles. The summed E-state index contributed by atoms with van der Waals surface area (Å²) in [6.07, 6.45) is 2.81. The van der Waals surface area contributed by atoms with E-state index >= 15 is 0 Å². The van der Waals surface area contributed by atoms with Crippen LogP contribution in [0.2, 0.25) is 0 Å². The van der Waals surface area contributed by atoms with Gasteiger partial charge in [-0.3, -0.25) is 0 Å². The number of nitrogens with one attached hydrogen (secondary N) is 2. The van der Waals surface area contributed by atoms with E-state index in [1.54, 1.807) is 30.8 Å². The zero-order valence-electron chi connectivity index (χ0n) is 11.9. The summed E-state index contributed by atoms with van der Waals surface area (Å²) in [4.78, 5) is 23.1. The molecule has 0 aliphatic carbocycles. The minimum atomic E-state index is -1.06. The fourth-order valence-corrected chi connectivity index (χ4v) is 2.53. The molecule has 0 bridgehead atoms. The number of aryl methyl sites for hydroxylation is 1. The molecule has 0 saturated carbocycles. The van der Waals surface area contributed by atoms with Crippen LogP contribution in [0, 0.1) is 6.92 Å². The van der Waals surface area contributed by atoms with Gasteiger partial charge < -0.3 is 15.7 Å². The molecule has 5 nitrogen and oxygen atoms in total. The van der Waals surface area contributed by atoms with E-state index < -0.39 is 5.97 Å². The van der Waals surface area contributed by atoms with E-state index in [0.29, 0.717) is 5.69 Å². The molecule has 2 amide bonds. The van der Waals surface area contributed by atoms with Gasteiger partial charge in [-0.1, -0.05) is 19.1 Å². The van der Waals surface area contributed by atoms with Crippen molar-refractivity contribution in [2.24, 2.45) is 0 Å². The van der Waals surface area contributed by atoms with E-state index in [-0.39, 0.29) is 17.6 Å². The van der Waals surface area contributed by atoms with Crippen molar-refractivity contribution in [1.29, 1.82) is 0 Å². The number of anilines is 1. The SMILES string of the molecule is CCC(CSC)NC(=O)Nc1c(C)cccc1C(=O)O. The minimum Gasteiger partial charge on any atom is -0.478 e. The molecule has 1 rings (SSSR count). The van der Waals surface area contributed by atoms with Crippen molar-refractivity contribution in [2.75, 3.05) is 17.3 Å². The van der Waals surface area contributed by atoms with Crippen LogP contribution in [-0.4, -0.2) is 35.2 Å². The molecule has 0 radical (unpaired) electrons. The number of hydrogen-bond donors (Lipinski definition) is 3. The quantitative estimate of drug-likeness (QED) is 0.754. The van der Waals surface area contributed by atoms with Crippen LogP contribution in [-0.2, 0) is 0 Å². The van der Waals surface area contributed by atoms with Gasteiger partial charge in [0.15, 0.2) is 0 Å². The molecule has 1 aromatic carbocycles. The Morgan fingerprint density at radius 3 is 2.65 bits per heavy atom. The molecule has 3 N–H and O–H groups in total. The number of carbonyl (C=O) groups is 2. The van der Waals surface area contributed by atoms with Crippen molar-refractivity contribution < 1.29 is 14.7 Å². The van der Waals surface area contributed by atoms with E-state index in [1.165, 1.54) is 6.07 Å². The molecule has 0 aliphatic rings. The maximum absolute atomic E-state index is 12.0. The Bertz CT molecular complexity index is 491. The lowest BCUT2D eigenvalue weighted by atomic mass is 10.1. The highest BCUT2D eigenvalue weighted by Gasteiger charge is 2.16. The smallest absolute Gasteiger partial charge is 0.337 e. The lowest BCUT2D eigenvalue weighted by molar-refractivity contribution is 0.0698. The predicted molar refractivity (Wildman–Crippen MR) is 82.8 cm³/mol. The number of rotatable bonds is 6. The van der Waals surface area contributed by atoms with E-state index in [4.69, 9.17) is 5.11 Å². The lowest BCUT2D eigenvalue weighted by Gasteiger charge is -2.18. The predicted octanol–water partition coefficient (Wildman–Crippen LogP) is 2.96. The van der Waals surface area contributed by atoms with Gasteiger partial charge in [-0.2, -0.15) is 11.8 Å². The summed E-state index contributed by atoms with van der Waals surface area (Å²) in [5, 5.41) is 14.6. The summed E-state index contributed by atoms with van der Waals surface area (Å²) in [6, 6.07) is 4.60. The molecule has 0 aromatic heterocycles. The number of urea groups is 1. The number of thioether (sulfide) groups is 1. The Kier molecular flexibility index (Phi) is 6.38. The van der Waals surface area contributed by atoms with Crippen molar-refractivity contribution >= 4 is 29.4 Å². The Balaban J connectivity index is 2.82. The number of carbonyl (C=O) groups excluding carboxylic acids is 1. The molecule has 1 atom stereocenters. The number of benzene rings is 1. The molecule has 110 valence electrons. The largest absolute Gasteiger partial charge is 0.478 e. The minimum absolute atomic E-state index is 0.0716. The topological polar surface area (TPSA) is 78.4 Å². The monoisotopic (exact) mass is 296 g/mol. The van der Waals surface area contributed by atoms with Crippen LogP contribution in [0.5, 0.6) is 0 Å². The number of carboxylic acids is 1. The first-order chi connectivity index (χ1) is 9.49. The standard InChI is InChI=1S/C14H20N2O3S/c1-4-10(8-20-3)15-14(19)16-12-9(2)6-5-7-11(12)13(17)18/h5-7,10H,4,8H2,1-3H3,(H,17,18)(H2,15,16,19). The van der Waals surface area contributed by atoms with Gasteiger partial charge in [0.05, 0.1) is 11.3 Å². The third-order valence-corrected chi connectivity index (χ3v) is 3.67. The second-order valence-corrected chi connectivity index (χ2v) is 5.37. The zero-order valence-corrected chi connectivity index (χ0v) is 12.7. The Morgan fingerprint density at radius 2 is 2.10 bits per heavy atom. The van der Waals surface area contributed by atoms with E-state index in [2.05, 4.69) is 10.6 Å². The maximum Gasteiger partial charge on any atom is 0.337 e. The highest BCUT2D eigenvalue weighted by atomic mass is 32.2. The third-order valence-electron chi connectivity index (χ3n) is 2.94. The highest BCUT2D eigenvalue weighted by Crippen LogP contribution is 2.20. The van der Waals surface area contributed by atoms with Gasteiger partial charge in [-0.15, -0.1) is 0 Å². The molecule has 20 heavy (non-hydrogen) atoms. The third kappa shape index (κ3) is 4.45. The van der Waals surface area contributed by atoms with E-state index in [9.17, 15) is 9.59 Å². The summed E-state index contributed by atoms with van der Waals surface area (Å²) in [6.45, 7) is 3.76. The number of aromatic carboxylic acids is 1. The van der Waals surface area contributed by atoms with Crippen molar-refractivity contribution in [3.8, 4) is 0 Å². The van der Waals surface area contributed by atoms with Gasteiger partial charge in [0, 0.05) is 11.8 Å². The number of para-hydroxylation sites is 1. The number of hydrogen-bond acceptors (Lipinski definition) is 3. The van der Waals surface area contributed by atoms with Gasteiger partial charge >= 0.3 is 12.0 Å². The van der Waals surface area contributed by atoms with Crippen LogP contribution in [0.3, 0.4) is 0 Å².